The first-order chi connectivity index (χ1) is 9.66. The Morgan fingerprint density at radius 2 is 1.45 bits per heavy atom. The van der Waals surface area contributed by atoms with E-state index in [2.05, 4.69) is 27.2 Å². The number of thiazole rings is 2. The average Bonchev–Trinajstić information content (AvgIpc) is 2.84. The van der Waals surface area contributed by atoms with Crippen molar-refractivity contribution in [3.63, 3.8) is 0 Å². The van der Waals surface area contributed by atoms with Crippen molar-refractivity contribution in [1.82, 2.24) is 9.97 Å². The molecule has 2 aromatic heterocycles. The summed E-state index contributed by atoms with van der Waals surface area (Å²) in [5, 5.41) is 9.92. The van der Waals surface area contributed by atoms with Crippen LogP contribution in [0.2, 0.25) is 0 Å². The van der Waals surface area contributed by atoms with Crippen molar-refractivity contribution in [2.24, 2.45) is 11.8 Å². The molecule has 0 saturated heterocycles. The molecule has 2 N–H and O–H groups in total. The second kappa shape index (κ2) is 5.14. The Morgan fingerprint density at radius 3 is 1.80 bits per heavy atom. The maximum Gasteiger partial charge on any atom is 0.234 e. The molecule has 0 aromatic carbocycles. The highest BCUT2D eigenvalue weighted by Crippen LogP contribution is 2.45. The van der Waals surface area contributed by atoms with Crippen LogP contribution in [0.15, 0.2) is 35.3 Å². The molecule has 102 valence electrons. The number of aromatic nitrogens is 2. The molecule has 2 heterocycles. The molecule has 1 aliphatic carbocycles. The lowest BCUT2D eigenvalue weighted by molar-refractivity contribution is -0.122. The van der Waals surface area contributed by atoms with Gasteiger partial charge in [0, 0.05) is 23.2 Å². The molecule has 2 amide bonds. The zero-order chi connectivity index (χ0) is 14.1. The maximum atomic E-state index is 12.0. The molecule has 6 nitrogen and oxygen atoms in total. The number of hydrogen-bond donors (Lipinski definition) is 2. The third kappa shape index (κ3) is 2.47. The molecule has 20 heavy (non-hydrogen) atoms. The minimum absolute atomic E-state index is 0.246. The lowest BCUT2D eigenvalue weighted by atomic mass is 10.3. The van der Waals surface area contributed by atoms with Gasteiger partial charge < -0.3 is 10.6 Å². The van der Waals surface area contributed by atoms with Gasteiger partial charge in [0.25, 0.3) is 0 Å². The molecule has 1 fully saturated rings. The van der Waals surface area contributed by atoms with Crippen LogP contribution >= 0.6 is 22.7 Å². The molecule has 0 aliphatic heterocycles. The topological polar surface area (TPSA) is 84.0 Å². The van der Waals surface area contributed by atoms with Crippen LogP contribution in [-0.2, 0) is 9.59 Å². The van der Waals surface area contributed by atoms with E-state index in [1.807, 2.05) is 0 Å². The standard InChI is InChI=1S/C12H10N4O2S2/c1-6-7(9(17)15-11-13-2-4-19-11)8(6)10(18)16-12-14-3-5-20-12/h2-5,7-8H,1H2,(H,13,15,17)(H,14,16,18)/t7-,8-/m0/s1. The molecule has 0 unspecified atom stereocenters. The second-order valence-electron chi connectivity index (χ2n) is 4.18. The highest BCUT2D eigenvalue weighted by molar-refractivity contribution is 7.14. The predicted octanol–water partition coefficient (Wildman–Crippen LogP) is 1.98. The molecule has 8 heteroatoms. The van der Waals surface area contributed by atoms with Crippen molar-refractivity contribution in [2.75, 3.05) is 10.6 Å². The van der Waals surface area contributed by atoms with Gasteiger partial charge in [0.2, 0.25) is 11.8 Å². The lowest BCUT2D eigenvalue weighted by Gasteiger charge is -2.01. The van der Waals surface area contributed by atoms with Gasteiger partial charge in [-0.1, -0.05) is 12.2 Å². The highest BCUT2D eigenvalue weighted by Gasteiger charge is 2.52. The third-order valence-electron chi connectivity index (χ3n) is 2.91. The number of amides is 2. The SMILES string of the molecule is C=C1[C@H](C(=O)Nc2nccs2)[C@H]1C(=O)Nc1nccs1. The molecule has 1 saturated carbocycles. The summed E-state index contributed by atoms with van der Waals surface area (Å²) >= 11 is 2.66. The maximum absolute atomic E-state index is 12.0. The molecule has 0 bridgehead atoms. The van der Waals surface area contributed by atoms with E-state index in [0.717, 1.165) is 0 Å². The summed E-state index contributed by atoms with van der Waals surface area (Å²) in [6, 6.07) is 0. The summed E-state index contributed by atoms with van der Waals surface area (Å²) in [6.07, 6.45) is 3.21. The van der Waals surface area contributed by atoms with Crippen molar-refractivity contribution >= 4 is 44.8 Å². The highest BCUT2D eigenvalue weighted by atomic mass is 32.1. The molecular formula is C12H10N4O2S2. The Morgan fingerprint density at radius 1 is 1.00 bits per heavy atom. The van der Waals surface area contributed by atoms with Crippen LogP contribution in [0, 0.1) is 11.8 Å². The van der Waals surface area contributed by atoms with Crippen LogP contribution in [0.1, 0.15) is 0 Å². The second-order valence-corrected chi connectivity index (χ2v) is 5.97. The Kier molecular flexibility index (Phi) is 3.33. The van der Waals surface area contributed by atoms with Gasteiger partial charge in [0.15, 0.2) is 10.3 Å². The summed E-state index contributed by atoms with van der Waals surface area (Å²) in [5.74, 6) is -1.47. The van der Waals surface area contributed by atoms with Gasteiger partial charge in [-0.15, -0.1) is 22.7 Å². The van der Waals surface area contributed by atoms with Crippen LogP contribution in [0.5, 0.6) is 0 Å². The smallest absolute Gasteiger partial charge is 0.234 e. The van der Waals surface area contributed by atoms with E-state index in [1.54, 1.807) is 23.2 Å². The predicted molar refractivity (Wildman–Crippen MR) is 77.6 cm³/mol. The fourth-order valence-electron chi connectivity index (χ4n) is 1.89. The number of anilines is 2. The number of nitrogens with one attached hydrogen (secondary N) is 2. The van der Waals surface area contributed by atoms with E-state index in [1.165, 1.54) is 22.7 Å². The van der Waals surface area contributed by atoms with E-state index in [4.69, 9.17) is 0 Å². The van der Waals surface area contributed by atoms with Gasteiger partial charge in [0.1, 0.15) is 0 Å². The first-order valence-corrected chi connectivity index (χ1v) is 7.52. The third-order valence-corrected chi connectivity index (χ3v) is 4.29. The van der Waals surface area contributed by atoms with E-state index < -0.39 is 11.8 Å². The quantitative estimate of drug-likeness (QED) is 0.846. The average molecular weight is 306 g/mol. The van der Waals surface area contributed by atoms with Gasteiger partial charge >= 0.3 is 0 Å². The van der Waals surface area contributed by atoms with Gasteiger partial charge in [0.05, 0.1) is 11.8 Å². The molecule has 1 aliphatic rings. The molecule has 2 atom stereocenters. The van der Waals surface area contributed by atoms with Gasteiger partial charge in [-0.25, -0.2) is 9.97 Å². The van der Waals surface area contributed by atoms with Crippen molar-refractivity contribution in [3.05, 3.63) is 35.3 Å². The van der Waals surface area contributed by atoms with Crippen LogP contribution in [0.3, 0.4) is 0 Å². The van der Waals surface area contributed by atoms with E-state index in [-0.39, 0.29) is 11.8 Å². The van der Waals surface area contributed by atoms with Crippen molar-refractivity contribution in [3.8, 4) is 0 Å². The summed E-state index contributed by atoms with van der Waals surface area (Å²) in [6.45, 7) is 3.77. The number of rotatable bonds is 4. The van der Waals surface area contributed by atoms with Crippen LogP contribution in [0.4, 0.5) is 10.3 Å². The lowest BCUT2D eigenvalue weighted by Crippen LogP contribution is -2.20. The molecule has 0 radical (unpaired) electrons. The van der Waals surface area contributed by atoms with Crippen LogP contribution in [0.25, 0.3) is 0 Å². The molecule has 2 aromatic rings. The Hall–Kier alpha value is -2.06. The molecule has 3 rings (SSSR count). The number of carbonyl (C=O) groups excluding carboxylic acids is 2. The number of carbonyl (C=O) groups is 2. The van der Waals surface area contributed by atoms with Crippen molar-refractivity contribution in [2.45, 2.75) is 0 Å². The van der Waals surface area contributed by atoms with E-state index in [9.17, 15) is 9.59 Å². The Labute approximate surface area is 122 Å². The zero-order valence-corrected chi connectivity index (χ0v) is 11.8. The fraction of sp³-hybridized carbons (Fsp3) is 0.167. The summed E-state index contributed by atoms with van der Waals surface area (Å²) in [5.41, 5.74) is 0.619. The Bertz CT molecular complexity index is 595. The summed E-state index contributed by atoms with van der Waals surface area (Å²) in [7, 11) is 0. The molecule has 0 spiro atoms. The minimum Gasteiger partial charge on any atom is -0.301 e. The van der Waals surface area contributed by atoms with Crippen LogP contribution in [-0.4, -0.2) is 21.8 Å². The largest absolute Gasteiger partial charge is 0.301 e. The number of hydrogen-bond acceptors (Lipinski definition) is 6. The van der Waals surface area contributed by atoms with Crippen LogP contribution < -0.4 is 10.6 Å². The van der Waals surface area contributed by atoms with Gasteiger partial charge in [-0.05, 0) is 0 Å². The summed E-state index contributed by atoms with van der Waals surface area (Å²) in [4.78, 5) is 31.9. The number of nitrogens with zero attached hydrogens (tertiary/aromatic N) is 2. The van der Waals surface area contributed by atoms with E-state index in [0.29, 0.717) is 15.8 Å². The first kappa shape index (κ1) is 12.9. The Balaban J connectivity index is 1.61. The monoisotopic (exact) mass is 306 g/mol. The minimum atomic E-state index is -0.487. The summed E-state index contributed by atoms with van der Waals surface area (Å²) < 4.78 is 0. The fourth-order valence-corrected chi connectivity index (χ4v) is 2.95. The van der Waals surface area contributed by atoms with Crippen molar-refractivity contribution < 1.29 is 9.59 Å². The van der Waals surface area contributed by atoms with Crippen molar-refractivity contribution in [1.29, 1.82) is 0 Å². The van der Waals surface area contributed by atoms with Gasteiger partial charge in [-0.3, -0.25) is 9.59 Å². The van der Waals surface area contributed by atoms with E-state index >= 15 is 0 Å². The molecular weight excluding hydrogens is 296 g/mol. The normalized spacial score (nSPS) is 20.5. The van der Waals surface area contributed by atoms with Gasteiger partial charge in [-0.2, -0.15) is 0 Å². The first-order valence-electron chi connectivity index (χ1n) is 5.76. The zero-order valence-electron chi connectivity index (χ0n) is 10.2.